The summed E-state index contributed by atoms with van der Waals surface area (Å²) in [5, 5.41) is 4.66. The van der Waals surface area contributed by atoms with Gasteiger partial charge in [0, 0.05) is 17.3 Å². The van der Waals surface area contributed by atoms with Gasteiger partial charge in [0.1, 0.15) is 5.57 Å². The molecule has 1 aromatic heterocycles. The number of benzene rings is 2. The predicted molar refractivity (Wildman–Crippen MR) is 105 cm³/mol. The SMILES string of the molecule is COC=C(C(=O)OC)c1cccc(C)c1-c1cn(-c2ccccc2)nc1C. The van der Waals surface area contributed by atoms with E-state index in [1.807, 2.05) is 73.3 Å². The van der Waals surface area contributed by atoms with Crippen molar-refractivity contribution in [3.8, 4) is 16.8 Å². The quantitative estimate of drug-likeness (QED) is 0.385. The molecule has 3 rings (SSSR count). The first-order chi connectivity index (χ1) is 13.1. The second-order valence-corrected chi connectivity index (χ2v) is 6.16. The molecule has 0 aliphatic carbocycles. The fourth-order valence-electron chi connectivity index (χ4n) is 3.12. The lowest BCUT2D eigenvalue weighted by Gasteiger charge is -2.14. The summed E-state index contributed by atoms with van der Waals surface area (Å²) in [6.45, 7) is 3.97. The van der Waals surface area contributed by atoms with Crippen LogP contribution in [0.15, 0.2) is 61.0 Å². The van der Waals surface area contributed by atoms with Crippen LogP contribution >= 0.6 is 0 Å². The van der Waals surface area contributed by atoms with Gasteiger partial charge in [-0.3, -0.25) is 0 Å². The Morgan fingerprint density at radius 1 is 1.04 bits per heavy atom. The summed E-state index contributed by atoms with van der Waals surface area (Å²) in [5.74, 6) is -0.447. The van der Waals surface area contributed by atoms with E-state index < -0.39 is 5.97 Å². The third-order valence-corrected chi connectivity index (χ3v) is 4.39. The van der Waals surface area contributed by atoms with E-state index in [1.165, 1.54) is 20.5 Å². The summed E-state index contributed by atoms with van der Waals surface area (Å²) in [6, 6.07) is 15.7. The molecule has 0 N–H and O–H groups in total. The van der Waals surface area contributed by atoms with Gasteiger partial charge in [-0.05, 0) is 37.1 Å². The number of aromatic nitrogens is 2. The van der Waals surface area contributed by atoms with Gasteiger partial charge in [0.15, 0.2) is 0 Å². The summed E-state index contributed by atoms with van der Waals surface area (Å²) in [5.41, 5.74) is 5.89. The Hall–Kier alpha value is -3.34. The molecule has 0 spiro atoms. The maximum Gasteiger partial charge on any atom is 0.341 e. The molecule has 0 saturated carbocycles. The molecule has 0 saturated heterocycles. The molecule has 1 heterocycles. The van der Waals surface area contributed by atoms with E-state index in [0.29, 0.717) is 5.57 Å². The van der Waals surface area contributed by atoms with Crippen LogP contribution in [0, 0.1) is 13.8 Å². The van der Waals surface area contributed by atoms with E-state index in [-0.39, 0.29) is 0 Å². The van der Waals surface area contributed by atoms with Gasteiger partial charge in [-0.25, -0.2) is 9.48 Å². The number of hydrogen-bond acceptors (Lipinski definition) is 4. The van der Waals surface area contributed by atoms with E-state index in [4.69, 9.17) is 9.47 Å². The van der Waals surface area contributed by atoms with E-state index in [0.717, 1.165) is 33.6 Å². The predicted octanol–water partition coefficient (Wildman–Crippen LogP) is 4.32. The molecule has 2 aromatic carbocycles. The summed E-state index contributed by atoms with van der Waals surface area (Å²) in [4.78, 5) is 12.3. The molecule has 0 fully saturated rings. The van der Waals surface area contributed by atoms with Gasteiger partial charge < -0.3 is 9.47 Å². The summed E-state index contributed by atoms with van der Waals surface area (Å²) >= 11 is 0. The highest BCUT2D eigenvalue weighted by molar-refractivity contribution is 6.18. The van der Waals surface area contributed by atoms with Crippen molar-refractivity contribution in [3.05, 3.63) is 77.8 Å². The first-order valence-corrected chi connectivity index (χ1v) is 8.60. The Kier molecular flexibility index (Phi) is 5.41. The second-order valence-electron chi connectivity index (χ2n) is 6.16. The smallest absolute Gasteiger partial charge is 0.341 e. The number of para-hydroxylation sites is 1. The first kappa shape index (κ1) is 18.5. The van der Waals surface area contributed by atoms with Gasteiger partial charge in [0.25, 0.3) is 0 Å². The first-order valence-electron chi connectivity index (χ1n) is 8.60. The maximum atomic E-state index is 12.3. The third-order valence-electron chi connectivity index (χ3n) is 4.39. The number of carbonyl (C=O) groups excluding carboxylic acids is 1. The third kappa shape index (κ3) is 3.62. The molecular formula is C22H22N2O3. The molecule has 0 aliphatic heterocycles. The molecule has 0 amide bonds. The average molecular weight is 362 g/mol. The Morgan fingerprint density at radius 3 is 2.44 bits per heavy atom. The van der Waals surface area contributed by atoms with Crippen molar-refractivity contribution in [1.82, 2.24) is 9.78 Å². The van der Waals surface area contributed by atoms with Crippen molar-refractivity contribution in [1.29, 1.82) is 0 Å². The van der Waals surface area contributed by atoms with E-state index in [2.05, 4.69) is 5.10 Å². The number of hydrogen-bond donors (Lipinski definition) is 0. The highest BCUT2D eigenvalue weighted by Gasteiger charge is 2.21. The van der Waals surface area contributed by atoms with Crippen molar-refractivity contribution in [2.75, 3.05) is 14.2 Å². The molecule has 138 valence electrons. The standard InChI is InChI=1S/C22H22N2O3/c1-15-9-8-12-18(20(14-26-3)22(25)27-4)21(15)19-13-24(23-16(19)2)17-10-6-5-7-11-17/h5-14H,1-4H3. The molecule has 0 bridgehead atoms. The largest absolute Gasteiger partial charge is 0.503 e. The van der Waals surface area contributed by atoms with Gasteiger partial charge in [-0.2, -0.15) is 5.10 Å². The van der Waals surface area contributed by atoms with Crippen LogP contribution in [0.4, 0.5) is 0 Å². The Labute approximate surface area is 158 Å². The van der Waals surface area contributed by atoms with Crippen LogP contribution in [0.5, 0.6) is 0 Å². The van der Waals surface area contributed by atoms with Crippen LogP contribution in [-0.4, -0.2) is 30.0 Å². The minimum atomic E-state index is -0.447. The highest BCUT2D eigenvalue weighted by Crippen LogP contribution is 2.34. The average Bonchev–Trinajstić information content (AvgIpc) is 3.07. The number of carbonyl (C=O) groups is 1. The van der Waals surface area contributed by atoms with Gasteiger partial charge in [-0.1, -0.05) is 36.4 Å². The zero-order chi connectivity index (χ0) is 19.4. The minimum absolute atomic E-state index is 0.366. The fraction of sp³-hybridized carbons (Fsp3) is 0.182. The molecular weight excluding hydrogens is 340 g/mol. The molecule has 0 radical (unpaired) electrons. The number of ether oxygens (including phenoxy) is 2. The monoisotopic (exact) mass is 362 g/mol. The van der Waals surface area contributed by atoms with Crippen LogP contribution in [0.3, 0.4) is 0 Å². The molecule has 27 heavy (non-hydrogen) atoms. The summed E-state index contributed by atoms with van der Waals surface area (Å²) in [6.07, 6.45) is 3.40. The van der Waals surface area contributed by atoms with Gasteiger partial charge in [-0.15, -0.1) is 0 Å². The Morgan fingerprint density at radius 2 is 1.78 bits per heavy atom. The van der Waals surface area contributed by atoms with E-state index in [9.17, 15) is 4.79 Å². The molecule has 0 unspecified atom stereocenters. The fourth-order valence-corrected chi connectivity index (χ4v) is 3.12. The summed E-state index contributed by atoms with van der Waals surface area (Å²) < 4.78 is 11.9. The lowest BCUT2D eigenvalue weighted by atomic mass is 9.91. The topological polar surface area (TPSA) is 53.4 Å². The molecule has 0 aliphatic rings. The Bertz CT molecular complexity index is 988. The zero-order valence-corrected chi connectivity index (χ0v) is 15.9. The van der Waals surface area contributed by atoms with Crippen LogP contribution in [0.2, 0.25) is 0 Å². The van der Waals surface area contributed by atoms with E-state index in [1.54, 1.807) is 0 Å². The van der Waals surface area contributed by atoms with Gasteiger partial charge >= 0.3 is 5.97 Å². The number of esters is 1. The number of methoxy groups -OCH3 is 2. The highest BCUT2D eigenvalue weighted by atomic mass is 16.5. The van der Waals surface area contributed by atoms with Crippen molar-refractivity contribution in [2.24, 2.45) is 0 Å². The van der Waals surface area contributed by atoms with Crippen LogP contribution < -0.4 is 0 Å². The molecule has 0 atom stereocenters. The van der Waals surface area contributed by atoms with Crippen LogP contribution in [0.1, 0.15) is 16.8 Å². The second kappa shape index (κ2) is 7.91. The maximum absolute atomic E-state index is 12.3. The minimum Gasteiger partial charge on any atom is -0.503 e. The lowest BCUT2D eigenvalue weighted by molar-refractivity contribution is -0.133. The van der Waals surface area contributed by atoms with E-state index >= 15 is 0 Å². The number of aryl methyl sites for hydroxylation is 2. The van der Waals surface area contributed by atoms with Gasteiger partial charge in [0.2, 0.25) is 0 Å². The normalized spacial score (nSPS) is 11.3. The summed E-state index contributed by atoms with van der Waals surface area (Å²) in [7, 11) is 2.87. The number of nitrogens with zero attached hydrogens (tertiary/aromatic N) is 2. The van der Waals surface area contributed by atoms with Crippen molar-refractivity contribution >= 4 is 11.5 Å². The van der Waals surface area contributed by atoms with Crippen molar-refractivity contribution in [3.63, 3.8) is 0 Å². The molecule has 5 nitrogen and oxygen atoms in total. The lowest BCUT2D eigenvalue weighted by Crippen LogP contribution is -2.06. The van der Waals surface area contributed by atoms with Crippen LogP contribution in [0.25, 0.3) is 22.4 Å². The number of rotatable bonds is 5. The molecule has 5 heteroatoms. The zero-order valence-electron chi connectivity index (χ0n) is 15.9. The Balaban J connectivity index is 2.20. The van der Waals surface area contributed by atoms with Crippen molar-refractivity contribution < 1.29 is 14.3 Å². The van der Waals surface area contributed by atoms with Gasteiger partial charge in [0.05, 0.1) is 31.9 Å². The molecule has 3 aromatic rings. The van der Waals surface area contributed by atoms with Crippen LogP contribution in [-0.2, 0) is 14.3 Å². The van der Waals surface area contributed by atoms with Crippen molar-refractivity contribution in [2.45, 2.75) is 13.8 Å².